The zero-order valence-corrected chi connectivity index (χ0v) is 18.5. The molecule has 0 aliphatic carbocycles. The van der Waals surface area contributed by atoms with E-state index >= 15 is 0 Å². The lowest BCUT2D eigenvalue weighted by atomic mass is 10.0. The van der Waals surface area contributed by atoms with Gasteiger partial charge in [0, 0.05) is 19.3 Å². The number of amides is 1. The molecule has 7 heteroatoms. The van der Waals surface area contributed by atoms with Crippen molar-refractivity contribution in [2.24, 2.45) is 5.92 Å². The fourth-order valence-corrected chi connectivity index (χ4v) is 4.78. The van der Waals surface area contributed by atoms with Crippen LogP contribution in [0.15, 0.2) is 47.8 Å². The molecule has 2 aromatic heterocycles. The molecule has 3 heterocycles. The zero-order valence-electron chi connectivity index (χ0n) is 17.7. The second-order valence-electron chi connectivity index (χ2n) is 8.02. The summed E-state index contributed by atoms with van der Waals surface area (Å²) in [5, 5.41) is 9.57. The summed E-state index contributed by atoms with van der Waals surface area (Å²) in [5.74, 6) is 1.78. The standard InChI is InChI=1S/C23H27N5OS/c1-16-9-10-20(18(3)13-16)28-22(19-8-4-5-11-24-19)25-26-23(28)30-15-21(29)27-12-6-7-17(2)14-27/h4-5,8-11,13,17H,6-7,12,14-15H2,1-3H3. The fourth-order valence-electron chi connectivity index (χ4n) is 3.93. The highest BCUT2D eigenvalue weighted by atomic mass is 32.2. The molecule has 1 fully saturated rings. The Hall–Kier alpha value is -2.67. The van der Waals surface area contributed by atoms with E-state index in [4.69, 9.17) is 0 Å². The van der Waals surface area contributed by atoms with Crippen LogP contribution in [0.5, 0.6) is 0 Å². The molecule has 1 aliphatic rings. The molecule has 3 aromatic rings. The van der Waals surface area contributed by atoms with Crippen LogP contribution in [-0.2, 0) is 4.79 Å². The molecule has 0 saturated carbocycles. The third kappa shape index (κ3) is 4.41. The van der Waals surface area contributed by atoms with E-state index in [-0.39, 0.29) is 5.91 Å². The fraction of sp³-hybridized carbons (Fsp3) is 0.391. The third-order valence-corrected chi connectivity index (χ3v) is 6.37. The summed E-state index contributed by atoms with van der Waals surface area (Å²) in [7, 11) is 0. The van der Waals surface area contributed by atoms with Gasteiger partial charge in [-0.3, -0.25) is 14.3 Å². The lowest BCUT2D eigenvalue weighted by Gasteiger charge is -2.30. The summed E-state index contributed by atoms with van der Waals surface area (Å²) < 4.78 is 2.02. The average Bonchev–Trinajstić information content (AvgIpc) is 3.16. The Morgan fingerprint density at radius 2 is 2.07 bits per heavy atom. The molecule has 0 radical (unpaired) electrons. The van der Waals surface area contributed by atoms with Crippen LogP contribution >= 0.6 is 11.8 Å². The molecule has 0 spiro atoms. The summed E-state index contributed by atoms with van der Waals surface area (Å²) in [6, 6.07) is 12.1. The molecule has 4 rings (SSSR count). The highest BCUT2D eigenvalue weighted by Crippen LogP contribution is 2.29. The van der Waals surface area contributed by atoms with Gasteiger partial charge in [0.1, 0.15) is 5.69 Å². The van der Waals surface area contributed by atoms with Gasteiger partial charge in [-0.25, -0.2) is 0 Å². The smallest absolute Gasteiger partial charge is 0.233 e. The third-order valence-electron chi connectivity index (χ3n) is 5.46. The van der Waals surface area contributed by atoms with Gasteiger partial charge in [0.05, 0.1) is 11.4 Å². The first-order valence-corrected chi connectivity index (χ1v) is 11.4. The SMILES string of the molecule is Cc1ccc(-n2c(SCC(=O)N3CCCC(C)C3)nnc2-c2ccccn2)c(C)c1. The number of carbonyl (C=O) groups is 1. The van der Waals surface area contributed by atoms with Crippen LogP contribution in [0.2, 0.25) is 0 Å². The quantitative estimate of drug-likeness (QED) is 0.575. The number of aryl methyl sites for hydroxylation is 2. The zero-order chi connectivity index (χ0) is 21.1. The summed E-state index contributed by atoms with van der Waals surface area (Å²) in [5.41, 5.74) is 4.10. The van der Waals surface area contributed by atoms with E-state index in [0.717, 1.165) is 36.5 Å². The minimum Gasteiger partial charge on any atom is -0.342 e. The molecule has 6 nitrogen and oxygen atoms in total. The van der Waals surface area contributed by atoms with Gasteiger partial charge in [-0.1, -0.05) is 42.4 Å². The van der Waals surface area contributed by atoms with E-state index in [1.807, 2.05) is 27.7 Å². The van der Waals surface area contributed by atoms with Gasteiger partial charge in [0.15, 0.2) is 11.0 Å². The van der Waals surface area contributed by atoms with Crippen molar-refractivity contribution in [3.63, 3.8) is 0 Å². The van der Waals surface area contributed by atoms with Gasteiger partial charge >= 0.3 is 0 Å². The topological polar surface area (TPSA) is 63.9 Å². The number of hydrogen-bond donors (Lipinski definition) is 0. The molecule has 1 aliphatic heterocycles. The van der Waals surface area contributed by atoms with Crippen molar-refractivity contribution in [3.05, 3.63) is 53.7 Å². The summed E-state index contributed by atoms with van der Waals surface area (Å²) in [6.07, 6.45) is 4.04. The summed E-state index contributed by atoms with van der Waals surface area (Å²) in [4.78, 5) is 19.2. The Morgan fingerprint density at radius 3 is 2.80 bits per heavy atom. The Kier molecular flexibility index (Phi) is 6.18. The number of piperidine rings is 1. The average molecular weight is 422 g/mol. The largest absolute Gasteiger partial charge is 0.342 e. The van der Waals surface area contributed by atoms with Crippen molar-refractivity contribution >= 4 is 17.7 Å². The summed E-state index contributed by atoms with van der Waals surface area (Å²) in [6.45, 7) is 8.08. The van der Waals surface area contributed by atoms with Crippen LogP contribution in [0.1, 0.15) is 30.9 Å². The van der Waals surface area contributed by atoms with Crippen LogP contribution in [0, 0.1) is 19.8 Å². The minimum absolute atomic E-state index is 0.168. The Labute approximate surface area is 181 Å². The second-order valence-corrected chi connectivity index (χ2v) is 8.96. The van der Waals surface area contributed by atoms with Crippen molar-refractivity contribution in [2.75, 3.05) is 18.8 Å². The Bertz CT molecular complexity index is 1030. The normalized spacial score (nSPS) is 16.6. The van der Waals surface area contributed by atoms with E-state index in [0.29, 0.717) is 22.7 Å². The van der Waals surface area contributed by atoms with Gasteiger partial charge in [0.25, 0.3) is 0 Å². The van der Waals surface area contributed by atoms with E-state index in [2.05, 4.69) is 54.2 Å². The lowest BCUT2D eigenvalue weighted by molar-refractivity contribution is -0.130. The van der Waals surface area contributed by atoms with Crippen LogP contribution < -0.4 is 0 Å². The predicted molar refractivity (Wildman–Crippen MR) is 120 cm³/mol. The van der Waals surface area contributed by atoms with Gasteiger partial charge in [-0.05, 0) is 56.4 Å². The molecule has 0 N–H and O–H groups in total. The highest BCUT2D eigenvalue weighted by Gasteiger charge is 2.23. The number of rotatable bonds is 5. The molecular weight excluding hydrogens is 394 g/mol. The monoisotopic (exact) mass is 421 g/mol. The number of benzene rings is 1. The Balaban J connectivity index is 1.64. The number of thioether (sulfide) groups is 1. The number of carbonyl (C=O) groups excluding carboxylic acids is 1. The molecular formula is C23H27N5OS. The Morgan fingerprint density at radius 1 is 1.20 bits per heavy atom. The molecule has 30 heavy (non-hydrogen) atoms. The molecule has 1 amide bonds. The molecule has 1 atom stereocenters. The van der Waals surface area contributed by atoms with Crippen LogP contribution in [0.25, 0.3) is 17.2 Å². The first-order valence-electron chi connectivity index (χ1n) is 10.4. The molecule has 156 valence electrons. The van der Waals surface area contributed by atoms with E-state index in [1.54, 1.807) is 6.20 Å². The van der Waals surface area contributed by atoms with Crippen molar-refractivity contribution in [3.8, 4) is 17.2 Å². The van der Waals surface area contributed by atoms with Crippen molar-refractivity contribution in [2.45, 2.75) is 38.8 Å². The van der Waals surface area contributed by atoms with Gasteiger partial charge < -0.3 is 4.90 Å². The summed E-state index contributed by atoms with van der Waals surface area (Å²) >= 11 is 1.44. The molecule has 0 bridgehead atoms. The maximum atomic E-state index is 12.8. The second kappa shape index (κ2) is 9.00. The number of likely N-dealkylation sites (tertiary alicyclic amines) is 1. The van der Waals surface area contributed by atoms with E-state index < -0.39 is 0 Å². The predicted octanol–water partition coefficient (Wildman–Crippen LogP) is 4.30. The minimum atomic E-state index is 0.168. The first kappa shape index (κ1) is 20.6. The van der Waals surface area contributed by atoms with E-state index in [9.17, 15) is 4.79 Å². The maximum absolute atomic E-state index is 12.8. The van der Waals surface area contributed by atoms with Crippen LogP contribution in [0.4, 0.5) is 0 Å². The molecule has 1 unspecified atom stereocenters. The highest BCUT2D eigenvalue weighted by molar-refractivity contribution is 7.99. The van der Waals surface area contributed by atoms with Gasteiger partial charge in [0.2, 0.25) is 5.91 Å². The van der Waals surface area contributed by atoms with E-state index in [1.165, 1.54) is 23.7 Å². The number of nitrogens with zero attached hydrogens (tertiary/aromatic N) is 5. The maximum Gasteiger partial charge on any atom is 0.233 e. The van der Waals surface area contributed by atoms with Crippen molar-refractivity contribution in [1.29, 1.82) is 0 Å². The lowest BCUT2D eigenvalue weighted by Crippen LogP contribution is -2.40. The van der Waals surface area contributed by atoms with Crippen LogP contribution in [-0.4, -0.2) is 49.4 Å². The van der Waals surface area contributed by atoms with Gasteiger partial charge in [-0.2, -0.15) is 0 Å². The molecule has 1 aromatic carbocycles. The van der Waals surface area contributed by atoms with Crippen molar-refractivity contribution in [1.82, 2.24) is 24.6 Å². The number of aromatic nitrogens is 4. The van der Waals surface area contributed by atoms with Crippen molar-refractivity contribution < 1.29 is 4.79 Å². The number of pyridine rings is 1. The van der Waals surface area contributed by atoms with Gasteiger partial charge in [-0.15, -0.1) is 10.2 Å². The molecule has 1 saturated heterocycles. The first-order chi connectivity index (χ1) is 14.5. The number of hydrogen-bond acceptors (Lipinski definition) is 5. The van der Waals surface area contributed by atoms with Crippen LogP contribution in [0.3, 0.4) is 0 Å².